The predicted molar refractivity (Wildman–Crippen MR) is 85.1 cm³/mol. The van der Waals surface area contributed by atoms with Gasteiger partial charge in [0.2, 0.25) is 0 Å². The van der Waals surface area contributed by atoms with E-state index in [0.29, 0.717) is 5.69 Å². The van der Waals surface area contributed by atoms with Crippen molar-refractivity contribution in [2.75, 3.05) is 18.2 Å². The number of carbonyl (C=O) groups excluding carboxylic acids is 1. The fraction of sp³-hybridized carbons (Fsp3) is 0.188. The summed E-state index contributed by atoms with van der Waals surface area (Å²) < 4.78 is 41.8. The lowest BCUT2D eigenvalue weighted by Gasteiger charge is -2.10. The molecular formula is C16H16FNO4S. The van der Waals surface area contributed by atoms with Gasteiger partial charge in [0, 0.05) is 5.69 Å². The number of amides is 1. The van der Waals surface area contributed by atoms with Crippen molar-refractivity contribution in [2.24, 2.45) is 0 Å². The third-order valence-corrected chi connectivity index (χ3v) is 5.01. The summed E-state index contributed by atoms with van der Waals surface area (Å²) in [5, 5.41) is 2.58. The van der Waals surface area contributed by atoms with Crippen molar-refractivity contribution in [3.8, 4) is 5.75 Å². The Morgan fingerprint density at radius 2 is 1.83 bits per heavy atom. The van der Waals surface area contributed by atoms with E-state index in [2.05, 4.69) is 5.32 Å². The Hall–Kier alpha value is -2.41. The number of ether oxygens (including phenoxy) is 1. The molecule has 1 N–H and O–H groups in total. The van der Waals surface area contributed by atoms with E-state index in [1.54, 1.807) is 6.92 Å². The summed E-state index contributed by atoms with van der Waals surface area (Å²) in [6.45, 7) is 1.56. The maximum atomic E-state index is 13.3. The maximum absolute atomic E-state index is 13.3. The van der Waals surface area contributed by atoms with Crippen molar-refractivity contribution in [3.63, 3.8) is 0 Å². The van der Waals surface area contributed by atoms with Crippen LogP contribution in [0.1, 0.15) is 17.3 Å². The van der Waals surface area contributed by atoms with Crippen LogP contribution < -0.4 is 10.1 Å². The second kappa shape index (κ2) is 6.78. The molecule has 0 aliphatic rings. The van der Waals surface area contributed by atoms with Gasteiger partial charge in [0.05, 0.1) is 23.3 Å². The van der Waals surface area contributed by atoms with E-state index in [-0.39, 0.29) is 22.0 Å². The standard InChI is InChI=1S/C16H16FNO4S/c1-3-23(20,21)13-7-5-12(6-8-13)18-16(19)14-10-11(17)4-9-15(14)22-2/h4-10H,3H2,1-2H3,(H,18,19). The van der Waals surface area contributed by atoms with Crippen molar-refractivity contribution in [2.45, 2.75) is 11.8 Å². The molecule has 0 aliphatic carbocycles. The molecule has 0 saturated carbocycles. The van der Waals surface area contributed by atoms with Crippen molar-refractivity contribution < 1.29 is 22.3 Å². The lowest BCUT2D eigenvalue weighted by Crippen LogP contribution is -2.13. The first-order valence-electron chi connectivity index (χ1n) is 6.85. The van der Waals surface area contributed by atoms with Gasteiger partial charge in [-0.05, 0) is 42.5 Å². The number of methoxy groups -OCH3 is 1. The minimum atomic E-state index is -3.29. The fourth-order valence-electron chi connectivity index (χ4n) is 1.97. The third kappa shape index (κ3) is 3.87. The van der Waals surface area contributed by atoms with Gasteiger partial charge in [-0.25, -0.2) is 12.8 Å². The largest absolute Gasteiger partial charge is 0.496 e. The molecule has 2 aromatic carbocycles. The van der Waals surface area contributed by atoms with Crippen molar-refractivity contribution in [1.29, 1.82) is 0 Å². The molecule has 2 rings (SSSR count). The average Bonchev–Trinajstić information content (AvgIpc) is 2.55. The summed E-state index contributed by atoms with van der Waals surface area (Å²) in [7, 11) is -1.91. The monoisotopic (exact) mass is 337 g/mol. The molecule has 0 aliphatic heterocycles. The van der Waals surface area contributed by atoms with Gasteiger partial charge in [0.15, 0.2) is 9.84 Å². The molecule has 0 atom stereocenters. The Labute approximate surface area is 134 Å². The van der Waals surface area contributed by atoms with Crippen LogP contribution in [0.2, 0.25) is 0 Å². The molecule has 5 nitrogen and oxygen atoms in total. The van der Waals surface area contributed by atoms with Crippen LogP contribution in [-0.2, 0) is 9.84 Å². The second-order valence-corrected chi connectivity index (χ2v) is 7.00. The predicted octanol–water partition coefficient (Wildman–Crippen LogP) is 2.88. The molecule has 1 amide bonds. The van der Waals surface area contributed by atoms with Gasteiger partial charge in [0.1, 0.15) is 11.6 Å². The fourth-order valence-corrected chi connectivity index (χ4v) is 2.85. The number of anilines is 1. The Balaban J connectivity index is 2.23. The van der Waals surface area contributed by atoms with Crippen LogP contribution in [0.25, 0.3) is 0 Å². The normalized spacial score (nSPS) is 11.1. The lowest BCUT2D eigenvalue weighted by atomic mass is 10.1. The summed E-state index contributed by atoms with van der Waals surface area (Å²) in [5.41, 5.74) is 0.453. The van der Waals surface area contributed by atoms with E-state index in [0.717, 1.165) is 6.07 Å². The van der Waals surface area contributed by atoms with Crippen LogP contribution in [-0.4, -0.2) is 27.2 Å². The number of halogens is 1. The first-order valence-corrected chi connectivity index (χ1v) is 8.50. The van der Waals surface area contributed by atoms with Gasteiger partial charge < -0.3 is 10.1 Å². The van der Waals surface area contributed by atoms with Crippen LogP contribution in [0.3, 0.4) is 0 Å². The Morgan fingerprint density at radius 1 is 1.17 bits per heavy atom. The highest BCUT2D eigenvalue weighted by Gasteiger charge is 2.15. The molecule has 0 bridgehead atoms. The van der Waals surface area contributed by atoms with Gasteiger partial charge in [-0.3, -0.25) is 4.79 Å². The zero-order valence-electron chi connectivity index (χ0n) is 12.7. The summed E-state index contributed by atoms with van der Waals surface area (Å²) in [6, 6.07) is 9.41. The lowest BCUT2D eigenvalue weighted by molar-refractivity contribution is 0.102. The van der Waals surface area contributed by atoms with Gasteiger partial charge in [0.25, 0.3) is 5.91 Å². The SMILES string of the molecule is CCS(=O)(=O)c1ccc(NC(=O)c2cc(F)ccc2OC)cc1. The van der Waals surface area contributed by atoms with Gasteiger partial charge >= 0.3 is 0 Å². The van der Waals surface area contributed by atoms with E-state index in [1.807, 2.05) is 0 Å². The van der Waals surface area contributed by atoms with Crippen molar-refractivity contribution in [1.82, 2.24) is 0 Å². The number of carbonyl (C=O) groups is 1. The smallest absolute Gasteiger partial charge is 0.259 e. The molecule has 122 valence electrons. The van der Waals surface area contributed by atoms with Crippen LogP contribution in [0.15, 0.2) is 47.4 Å². The number of benzene rings is 2. The van der Waals surface area contributed by atoms with Gasteiger partial charge in [-0.2, -0.15) is 0 Å². The zero-order chi connectivity index (χ0) is 17.0. The first-order chi connectivity index (χ1) is 10.9. The quantitative estimate of drug-likeness (QED) is 0.910. The molecule has 0 spiro atoms. The number of sulfone groups is 1. The molecular weight excluding hydrogens is 321 g/mol. The Bertz CT molecular complexity index is 816. The van der Waals surface area contributed by atoms with E-state index >= 15 is 0 Å². The molecule has 0 unspecified atom stereocenters. The van der Waals surface area contributed by atoms with Crippen LogP contribution in [0.4, 0.5) is 10.1 Å². The van der Waals surface area contributed by atoms with Gasteiger partial charge in [-0.15, -0.1) is 0 Å². The average molecular weight is 337 g/mol. The van der Waals surface area contributed by atoms with E-state index in [4.69, 9.17) is 4.74 Å². The number of hydrogen-bond acceptors (Lipinski definition) is 4. The van der Waals surface area contributed by atoms with E-state index < -0.39 is 21.6 Å². The number of nitrogens with one attached hydrogen (secondary N) is 1. The summed E-state index contributed by atoms with van der Waals surface area (Å²) in [5.74, 6) is -0.860. The molecule has 0 aromatic heterocycles. The zero-order valence-corrected chi connectivity index (χ0v) is 13.5. The molecule has 2 aromatic rings. The van der Waals surface area contributed by atoms with Crippen molar-refractivity contribution >= 4 is 21.4 Å². The highest BCUT2D eigenvalue weighted by Crippen LogP contribution is 2.21. The maximum Gasteiger partial charge on any atom is 0.259 e. The molecule has 0 fully saturated rings. The van der Waals surface area contributed by atoms with Crippen LogP contribution >= 0.6 is 0 Å². The molecule has 0 radical (unpaired) electrons. The minimum absolute atomic E-state index is 0.000797. The van der Waals surface area contributed by atoms with Gasteiger partial charge in [-0.1, -0.05) is 6.92 Å². The third-order valence-electron chi connectivity index (χ3n) is 3.26. The molecule has 0 heterocycles. The van der Waals surface area contributed by atoms with Crippen LogP contribution in [0.5, 0.6) is 5.75 Å². The van der Waals surface area contributed by atoms with Crippen molar-refractivity contribution in [3.05, 3.63) is 53.8 Å². The number of rotatable bonds is 5. The summed E-state index contributed by atoms with van der Waals surface area (Å²) in [4.78, 5) is 12.4. The first kappa shape index (κ1) is 17.0. The molecule has 23 heavy (non-hydrogen) atoms. The van der Waals surface area contributed by atoms with Crippen LogP contribution in [0, 0.1) is 5.82 Å². The highest BCUT2D eigenvalue weighted by atomic mass is 32.2. The molecule has 7 heteroatoms. The van der Waals surface area contributed by atoms with E-state index in [9.17, 15) is 17.6 Å². The molecule has 0 saturated heterocycles. The van der Waals surface area contributed by atoms with E-state index in [1.165, 1.54) is 43.5 Å². The highest BCUT2D eigenvalue weighted by molar-refractivity contribution is 7.91. The Kier molecular flexibility index (Phi) is 5.00. The Morgan fingerprint density at radius 3 is 2.39 bits per heavy atom. The second-order valence-electron chi connectivity index (χ2n) is 4.73. The topological polar surface area (TPSA) is 72.5 Å². The summed E-state index contributed by atoms with van der Waals surface area (Å²) in [6.07, 6.45) is 0. The number of hydrogen-bond donors (Lipinski definition) is 1. The summed E-state index contributed by atoms with van der Waals surface area (Å²) >= 11 is 0. The minimum Gasteiger partial charge on any atom is -0.496 e.